The van der Waals surface area contributed by atoms with Crippen LogP contribution in [0.25, 0.3) is 0 Å². The molecule has 2 rings (SSSR count). The Bertz CT molecular complexity index is 539. The maximum atomic E-state index is 12.1. The summed E-state index contributed by atoms with van der Waals surface area (Å²) >= 11 is 3.38. The van der Waals surface area contributed by atoms with Crippen molar-refractivity contribution in [1.82, 2.24) is 5.32 Å². The van der Waals surface area contributed by atoms with Crippen LogP contribution in [0.5, 0.6) is 0 Å². The molecule has 0 heterocycles. The predicted molar refractivity (Wildman–Crippen MR) is 76.5 cm³/mol. The molecule has 0 bridgehead atoms. The van der Waals surface area contributed by atoms with E-state index >= 15 is 0 Å². The molecule has 0 saturated heterocycles. The lowest BCUT2D eigenvalue weighted by atomic mass is 10.1. The van der Waals surface area contributed by atoms with E-state index in [0.29, 0.717) is 5.56 Å². The van der Waals surface area contributed by atoms with Crippen LogP contribution in [0, 0.1) is 0 Å². The number of amides is 1. The van der Waals surface area contributed by atoms with Crippen LogP contribution >= 0.6 is 15.9 Å². The standard InChI is InChI=1S/C15H14BrNO/c1-11(12-7-3-2-4-8-12)17-15(18)13-9-5-6-10-14(13)16/h2-11H,1H3,(H,17,18). The number of hydrogen-bond donors (Lipinski definition) is 1. The summed E-state index contributed by atoms with van der Waals surface area (Å²) in [6.45, 7) is 1.98. The van der Waals surface area contributed by atoms with Gasteiger partial charge in [-0.1, -0.05) is 42.5 Å². The van der Waals surface area contributed by atoms with Gasteiger partial charge in [-0.3, -0.25) is 4.79 Å². The van der Waals surface area contributed by atoms with Crippen LogP contribution in [0.2, 0.25) is 0 Å². The second kappa shape index (κ2) is 5.83. The molecular weight excluding hydrogens is 290 g/mol. The molecule has 18 heavy (non-hydrogen) atoms. The second-order valence-corrected chi connectivity index (χ2v) is 4.94. The Labute approximate surface area is 115 Å². The van der Waals surface area contributed by atoms with E-state index in [9.17, 15) is 4.79 Å². The van der Waals surface area contributed by atoms with Crippen LogP contribution in [-0.2, 0) is 0 Å². The fourth-order valence-electron chi connectivity index (χ4n) is 1.74. The van der Waals surface area contributed by atoms with Gasteiger partial charge in [-0.25, -0.2) is 0 Å². The monoisotopic (exact) mass is 303 g/mol. The van der Waals surface area contributed by atoms with Crippen LogP contribution in [0.4, 0.5) is 0 Å². The summed E-state index contributed by atoms with van der Waals surface area (Å²) < 4.78 is 0.808. The van der Waals surface area contributed by atoms with E-state index in [1.807, 2.05) is 55.5 Å². The highest BCUT2D eigenvalue weighted by Crippen LogP contribution is 2.18. The van der Waals surface area contributed by atoms with Gasteiger partial charge in [-0.15, -0.1) is 0 Å². The zero-order valence-electron chi connectivity index (χ0n) is 10.1. The number of benzene rings is 2. The topological polar surface area (TPSA) is 29.1 Å². The van der Waals surface area contributed by atoms with E-state index in [2.05, 4.69) is 21.2 Å². The smallest absolute Gasteiger partial charge is 0.252 e. The van der Waals surface area contributed by atoms with E-state index in [4.69, 9.17) is 0 Å². The Balaban J connectivity index is 2.11. The first-order valence-electron chi connectivity index (χ1n) is 5.79. The molecule has 0 aliphatic heterocycles. The van der Waals surface area contributed by atoms with Crippen LogP contribution < -0.4 is 5.32 Å². The molecule has 0 spiro atoms. The summed E-state index contributed by atoms with van der Waals surface area (Å²) in [7, 11) is 0. The fraction of sp³-hybridized carbons (Fsp3) is 0.133. The molecule has 2 aromatic carbocycles. The summed E-state index contributed by atoms with van der Waals surface area (Å²) in [4.78, 5) is 12.1. The Hall–Kier alpha value is -1.61. The van der Waals surface area contributed by atoms with Gasteiger partial charge in [-0.2, -0.15) is 0 Å². The Kier molecular flexibility index (Phi) is 4.15. The minimum atomic E-state index is -0.0705. The number of halogens is 1. The largest absolute Gasteiger partial charge is 0.345 e. The van der Waals surface area contributed by atoms with E-state index in [1.54, 1.807) is 6.07 Å². The quantitative estimate of drug-likeness (QED) is 0.914. The van der Waals surface area contributed by atoms with Crippen molar-refractivity contribution >= 4 is 21.8 Å². The van der Waals surface area contributed by atoms with E-state index in [0.717, 1.165) is 10.0 Å². The van der Waals surface area contributed by atoms with E-state index in [-0.39, 0.29) is 11.9 Å². The lowest BCUT2D eigenvalue weighted by Gasteiger charge is -2.14. The Morgan fingerprint density at radius 1 is 1.06 bits per heavy atom. The van der Waals surface area contributed by atoms with Gasteiger partial charge in [0, 0.05) is 4.47 Å². The lowest BCUT2D eigenvalue weighted by molar-refractivity contribution is 0.0939. The van der Waals surface area contributed by atoms with Gasteiger partial charge >= 0.3 is 0 Å². The van der Waals surface area contributed by atoms with Gasteiger partial charge in [0.2, 0.25) is 0 Å². The summed E-state index contributed by atoms with van der Waals surface area (Å²) in [6.07, 6.45) is 0. The highest BCUT2D eigenvalue weighted by molar-refractivity contribution is 9.10. The third-order valence-corrected chi connectivity index (χ3v) is 3.46. The minimum Gasteiger partial charge on any atom is -0.345 e. The van der Waals surface area contributed by atoms with Gasteiger partial charge < -0.3 is 5.32 Å². The first kappa shape index (κ1) is 12.8. The molecule has 92 valence electrons. The molecule has 0 fully saturated rings. The molecule has 2 nitrogen and oxygen atoms in total. The van der Waals surface area contributed by atoms with Crippen LogP contribution in [0.1, 0.15) is 28.9 Å². The average Bonchev–Trinajstić information content (AvgIpc) is 2.40. The highest BCUT2D eigenvalue weighted by atomic mass is 79.9. The molecular formula is C15H14BrNO. The molecule has 0 aliphatic carbocycles. The SMILES string of the molecule is CC(NC(=O)c1ccccc1Br)c1ccccc1. The van der Waals surface area contributed by atoms with Crippen molar-refractivity contribution in [2.24, 2.45) is 0 Å². The maximum Gasteiger partial charge on any atom is 0.252 e. The Morgan fingerprint density at radius 2 is 1.67 bits per heavy atom. The number of nitrogens with one attached hydrogen (secondary N) is 1. The van der Waals surface area contributed by atoms with Crippen LogP contribution in [0.3, 0.4) is 0 Å². The molecule has 2 aromatic rings. The third-order valence-electron chi connectivity index (χ3n) is 2.77. The summed E-state index contributed by atoms with van der Waals surface area (Å²) in [6, 6.07) is 17.3. The van der Waals surface area contributed by atoms with Crippen molar-refractivity contribution in [1.29, 1.82) is 0 Å². The van der Waals surface area contributed by atoms with Gasteiger partial charge in [0.1, 0.15) is 0 Å². The molecule has 0 saturated carbocycles. The van der Waals surface area contributed by atoms with Crippen molar-refractivity contribution in [3.8, 4) is 0 Å². The predicted octanol–water partition coefficient (Wildman–Crippen LogP) is 3.94. The van der Waals surface area contributed by atoms with Crippen LogP contribution in [0.15, 0.2) is 59.1 Å². The Morgan fingerprint density at radius 3 is 2.33 bits per heavy atom. The molecule has 0 aromatic heterocycles. The van der Waals surface area contributed by atoms with Crippen LogP contribution in [-0.4, -0.2) is 5.91 Å². The zero-order valence-corrected chi connectivity index (χ0v) is 11.6. The first-order valence-corrected chi connectivity index (χ1v) is 6.58. The zero-order chi connectivity index (χ0) is 13.0. The molecule has 1 atom stereocenters. The fourth-order valence-corrected chi connectivity index (χ4v) is 2.21. The van der Waals surface area contributed by atoms with Crippen molar-refractivity contribution in [2.75, 3.05) is 0 Å². The first-order chi connectivity index (χ1) is 8.68. The minimum absolute atomic E-state index is 0.00851. The summed E-state index contributed by atoms with van der Waals surface area (Å²) in [5, 5.41) is 2.98. The van der Waals surface area contributed by atoms with Gasteiger partial charge in [0.15, 0.2) is 0 Å². The lowest BCUT2D eigenvalue weighted by Crippen LogP contribution is -2.26. The van der Waals surface area contributed by atoms with Crippen molar-refractivity contribution < 1.29 is 4.79 Å². The average molecular weight is 304 g/mol. The van der Waals surface area contributed by atoms with E-state index in [1.165, 1.54) is 0 Å². The summed E-state index contributed by atoms with van der Waals surface area (Å²) in [5.74, 6) is -0.0705. The second-order valence-electron chi connectivity index (χ2n) is 4.09. The van der Waals surface area contributed by atoms with Gasteiger partial charge in [0.05, 0.1) is 11.6 Å². The molecule has 3 heteroatoms. The molecule has 0 aliphatic rings. The maximum absolute atomic E-state index is 12.1. The highest BCUT2D eigenvalue weighted by Gasteiger charge is 2.12. The van der Waals surface area contributed by atoms with Crippen molar-refractivity contribution in [2.45, 2.75) is 13.0 Å². The number of hydrogen-bond acceptors (Lipinski definition) is 1. The molecule has 1 unspecified atom stereocenters. The van der Waals surface area contributed by atoms with Crippen molar-refractivity contribution in [3.63, 3.8) is 0 Å². The molecule has 1 N–H and O–H groups in total. The third kappa shape index (κ3) is 2.99. The van der Waals surface area contributed by atoms with E-state index < -0.39 is 0 Å². The summed E-state index contributed by atoms with van der Waals surface area (Å²) in [5.41, 5.74) is 1.75. The number of carbonyl (C=O) groups excluding carboxylic acids is 1. The molecule has 0 radical (unpaired) electrons. The number of rotatable bonds is 3. The van der Waals surface area contributed by atoms with Crippen molar-refractivity contribution in [3.05, 3.63) is 70.2 Å². The normalized spacial score (nSPS) is 11.9. The van der Waals surface area contributed by atoms with Gasteiger partial charge in [-0.05, 0) is 40.5 Å². The number of carbonyl (C=O) groups is 1. The van der Waals surface area contributed by atoms with Gasteiger partial charge in [0.25, 0.3) is 5.91 Å². The molecule has 1 amide bonds.